The fourth-order valence-corrected chi connectivity index (χ4v) is 12.3. The number of carbonyl (C=O) groups is 2. The molecule has 0 radical (unpaired) electrons. The molecule has 2 unspecified atom stereocenters. The molecule has 0 aromatic carbocycles. The molecule has 0 aromatic rings. The summed E-state index contributed by atoms with van der Waals surface area (Å²) in [5, 5.41) is 23.5. The second-order valence-corrected chi connectivity index (χ2v) is 26.7. The third-order valence-electron chi connectivity index (χ3n) is 18.2. The van der Waals surface area contributed by atoms with Crippen molar-refractivity contribution in [1.29, 1.82) is 0 Å². The molecule has 0 saturated carbocycles. The first-order valence-electron chi connectivity index (χ1n) is 38.7. The summed E-state index contributed by atoms with van der Waals surface area (Å²) >= 11 is 0. The Labute approximate surface area is 532 Å². The zero-order valence-electron chi connectivity index (χ0n) is 57.6. The number of hydrogen-bond acceptors (Lipinski definition) is 5. The number of nitrogens with one attached hydrogen (secondary N) is 1. The quantitative estimate of drug-likeness (QED) is 0.0320. The molecule has 0 saturated heterocycles. The molecular formula is C79H151NO5. The van der Waals surface area contributed by atoms with Crippen LogP contribution in [0.3, 0.4) is 0 Å². The third-order valence-corrected chi connectivity index (χ3v) is 18.2. The van der Waals surface area contributed by atoms with Gasteiger partial charge < -0.3 is 20.3 Å². The summed E-state index contributed by atoms with van der Waals surface area (Å²) in [6.07, 6.45) is 96.4. The molecule has 0 fully saturated rings. The van der Waals surface area contributed by atoms with E-state index in [1.54, 1.807) is 0 Å². The number of unbranched alkanes of at least 4 members (excludes halogenated alkanes) is 56. The van der Waals surface area contributed by atoms with Crippen LogP contribution in [-0.2, 0) is 14.3 Å². The minimum Gasteiger partial charge on any atom is -0.466 e. The first-order chi connectivity index (χ1) is 42.0. The van der Waals surface area contributed by atoms with Gasteiger partial charge in [-0.2, -0.15) is 0 Å². The lowest BCUT2D eigenvalue weighted by Gasteiger charge is -2.22. The fraction of sp³-hybridized carbons (Fsp3) is 0.899. The van der Waals surface area contributed by atoms with Gasteiger partial charge in [0.25, 0.3) is 0 Å². The van der Waals surface area contributed by atoms with Crippen LogP contribution in [-0.4, -0.2) is 47.4 Å². The van der Waals surface area contributed by atoms with Gasteiger partial charge in [0.15, 0.2) is 0 Å². The number of esters is 1. The highest BCUT2D eigenvalue weighted by molar-refractivity contribution is 5.76. The maximum atomic E-state index is 12.6. The van der Waals surface area contributed by atoms with Crippen molar-refractivity contribution in [3.05, 3.63) is 36.5 Å². The number of hydrogen-bond donors (Lipinski definition) is 3. The Bertz CT molecular complexity index is 1380. The molecular weight excluding hydrogens is 1040 g/mol. The summed E-state index contributed by atoms with van der Waals surface area (Å²) in [7, 11) is 0. The summed E-state index contributed by atoms with van der Waals surface area (Å²) in [4.78, 5) is 24.7. The van der Waals surface area contributed by atoms with Gasteiger partial charge in [0.2, 0.25) is 5.91 Å². The Morgan fingerprint density at radius 3 is 0.918 bits per heavy atom. The number of carbonyl (C=O) groups excluding carboxylic acids is 2. The molecule has 0 aliphatic carbocycles. The Morgan fingerprint density at radius 2 is 0.588 bits per heavy atom. The van der Waals surface area contributed by atoms with E-state index in [1.165, 1.54) is 347 Å². The van der Waals surface area contributed by atoms with Crippen LogP contribution in [0.1, 0.15) is 431 Å². The highest BCUT2D eigenvalue weighted by Crippen LogP contribution is 2.19. The predicted molar refractivity (Wildman–Crippen MR) is 375 cm³/mol. The first kappa shape index (κ1) is 83.1. The van der Waals surface area contributed by atoms with Crippen molar-refractivity contribution in [1.82, 2.24) is 5.32 Å². The maximum Gasteiger partial charge on any atom is 0.305 e. The van der Waals surface area contributed by atoms with Crippen molar-refractivity contribution in [2.45, 2.75) is 443 Å². The van der Waals surface area contributed by atoms with Crippen LogP contribution in [0.5, 0.6) is 0 Å². The van der Waals surface area contributed by atoms with Crippen molar-refractivity contribution >= 4 is 11.9 Å². The van der Waals surface area contributed by atoms with E-state index < -0.39 is 12.1 Å². The van der Waals surface area contributed by atoms with Crippen molar-refractivity contribution in [2.75, 3.05) is 13.2 Å². The monoisotopic (exact) mass is 1190 g/mol. The van der Waals surface area contributed by atoms with E-state index in [4.69, 9.17) is 4.74 Å². The first-order valence-corrected chi connectivity index (χ1v) is 38.7. The minimum absolute atomic E-state index is 0.00789. The fourth-order valence-electron chi connectivity index (χ4n) is 12.3. The molecule has 6 nitrogen and oxygen atoms in total. The molecule has 2 atom stereocenters. The smallest absolute Gasteiger partial charge is 0.305 e. The summed E-state index contributed by atoms with van der Waals surface area (Å²) in [6.45, 7) is 4.98. The van der Waals surface area contributed by atoms with Gasteiger partial charge in [0, 0.05) is 12.8 Å². The normalized spacial score (nSPS) is 12.7. The van der Waals surface area contributed by atoms with Gasteiger partial charge in [-0.3, -0.25) is 9.59 Å². The number of rotatable bonds is 73. The Kier molecular flexibility index (Phi) is 72.9. The number of aliphatic hydroxyl groups is 2. The van der Waals surface area contributed by atoms with E-state index in [-0.39, 0.29) is 18.5 Å². The predicted octanol–water partition coefficient (Wildman–Crippen LogP) is 25.4. The van der Waals surface area contributed by atoms with Crippen LogP contribution < -0.4 is 5.32 Å². The molecule has 3 N–H and O–H groups in total. The summed E-state index contributed by atoms with van der Waals surface area (Å²) in [5.41, 5.74) is 0. The average molecular weight is 1200 g/mol. The van der Waals surface area contributed by atoms with Crippen molar-refractivity contribution < 1.29 is 24.5 Å². The molecule has 0 aliphatic rings. The molecule has 6 heteroatoms. The summed E-state index contributed by atoms with van der Waals surface area (Å²) in [5.74, 6) is -0.0240. The third kappa shape index (κ3) is 71.0. The van der Waals surface area contributed by atoms with Crippen LogP contribution >= 0.6 is 0 Å². The Morgan fingerprint density at radius 1 is 0.329 bits per heavy atom. The van der Waals surface area contributed by atoms with Gasteiger partial charge in [0.1, 0.15) is 0 Å². The van der Waals surface area contributed by atoms with Crippen molar-refractivity contribution in [2.24, 2.45) is 0 Å². The molecule has 0 rings (SSSR count). The lowest BCUT2D eigenvalue weighted by atomic mass is 10.0. The van der Waals surface area contributed by atoms with Crippen LogP contribution in [0.15, 0.2) is 36.5 Å². The molecule has 85 heavy (non-hydrogen) atoms. The molecule has 0 spiro atoms. The van der Waals surface area contributed by atoms with Gasteiger partial charge in [-0.1, -0.05) is 371 Å². The highest BCUT2D eigenvalue weighted by atomic mass is 16.5. The van der Waals surface area contributed by atoms with Crippen LogP contribution in [0.4, 0.5) is 0 Å². The van der Waals surface area contributed by atoms with E-state index in [2.05, 4.69) is 55.6 Å². The van der Waals surface area contributed by atoms with Gasteiger partial charge in [-0.25, -0.2) is 0 Å². The van der Waals surface area contributed by atoms with Crippen molar-refractivity contribution in [3.63, 3.8) is 0 Å². The Hall–Kier alpha value is -1.92. The maximum absolute atomic E-state index is 12.6. The molecule has 502 valence electrons. The largest absolute Gasteiger partial charge is 0.466 e. The van der Waals surface area contributed by atoms with E-state index in [1.807, 2.05) is 0 Å². The molecule has 0 aliphatic heterocycles. The second kappa shape index (κ2) is 74.5. The van der Waals surface area contributed by atoms with E-state index in [9.17, 15) is 19.8 Å². The van der Waals surface area contributed by atoms with Gasteiger partial charge in [-0.15, -0.1) is 0 Å². The van der Waals surface area contributed by atoms with Crippen LogP contribution in [0.2, 0.25) is 0 Å². The van der Waals surface area contributed by atoms with Gasteiger partial charge in [0.05, 0.1) is 25.4 Å². The van der Waals surface area contributed by atoms with E-state index >= 15 is 0 Å². The second-order valence-electron chi connectivity index (χ2n) is 26.7. The highest BCUT2D eigenvalue weighted by Gasteiger charge is 2.20. The van der Waals surface area contributed by atoms with Crippen LogP contribution in [0.25, 0.3) is 0 Å². The zero-order valence-corrected chi connectivity index (χ0v) is 57.6. The SMILES string of the molecule is CCCCCC/C=C\C/C=C\CCCCCCCCCC(=O)OCCCCCCCCCCCCCC/C=C\CCCCCCCCCCCCC(=O)NC(CO)C(O)CCCCCCCCCCCCCCCCCCCCCCCCCC. The standard InChI is InChI=1S/C79H151NO5/c1-3-5-7-9-11-13-15-17-19-21-23-24-25-30-33-36-39-43-47-51-55-59-63-67-71-77(82)76(75-81)80-78(83)72-68-64-60-56-52-48-44-40-37-34-31-28-26-27-29-32-35-38-42-46-50-54-58-62-66-70-74-85-79(84)73-69-65-61-57-53-49-45-41-22-20-18-16-14-12-10-8-6-4-2/h14,16,20,22,26,28,76-77,81-82H,3-13,15,17-19,21,23-25,27,29-75H2,1-2H3,(H,80,83)/b16-14-,22-20-,28-26-. The molecule has 0 heterocycles. The summed E-state index contributed by atoms with van der Waals surface area (Å²) in [6, 6.07) is -0.545. The average Bonchev–Trinajstić information content (AvgIpc) is 3.51. The molecule has 0 aromatic heterocycles. The van der Waals surface area contributed by atoms with Gasteiger partial charge in [-0.05, 0) is 83.5 Å². The van der Waals surface area contributed by atoms with Crippen LogP contribution in [0, 0.1) is 0 Å². The minimum atomic E-state index is -0.668. The van der Waals surface area contributed by atoms with E-state index in [0.717, 1.165) is 51.4 Å². The Balaban J connectivity index is 3.39. The van der Waals surface area contributed by atoms with Gasteiger partial charge >= 0.3 is 5.97 Å². The molecule has 1 amide bonds. The number of allylic oxidation sites excluding steroid dienone is 6. The molecule has 0 bridgehead atoms. The number of aliphatic hydroxyl groups excluding tert-OH is 2. The van der Waals surface area contributed by atoms with Crippen molar-refractivity contribution in [3.8, 4) is 0 Å². The topological polar surface area (TPSA) is 95.9 Å². The number of ether oxygens (including phenoxy) is 1. The lowest BCUT2D eigenvalue weighted by molar-refractivity contribution is -0.143. The lowest BCUT2D eigenvalue weighted by Crippen LogP contribution is -2.45. The van der Waals surface area contributed by atoms with E-state index in [0.29, 0.717) is 25.9 Å². The summed E-state index contributed by atoms with van der Waals surface area (Å²) < 4.78 is 5.50. The number of amides is 1. The zero-order chi connectivity index (χ0) is 61.3.